The van der Waals surface area contributed by atoms with Gasteiger partial charge in [-0.25, -0.2) is 4.99 Å². The first-order valence-electron chi connectivity index (χ1n) is 6.23. The van der Waals surface area contributed by atoms with Crippen molar-refractivity contribution < 1.29 is 9.90 Å². The molecule has 0 fully saturated rings. The third-order valence-electron chi connectivity index (χ3n) is 3.49. The van der Waals surface area contributed by atoms with Gasteiger partial charge in [0.1, 0.15) is 0 Å². The summed E-state index contributed by atoms with van der Waals surface area (Å²) in [6, 6.07) is 6.84. The van der Waals surface area contributed by atoms with Crippen LogP contribution in [0.4, 0.5) is 0 Å². The molecule has 6 heteroatoms. The largest absolute Gasteiger partial charge is 0.494 e. The number of benzene rings is 1. The Morgan fingerprint density at radius 1 is 1.24 bits per heavy atom. The number of rotatable bonds is 1. The topological polar surface area (TPSA) is 78.3 Å². The molecule has 1 aliphatic heterocycles. The van der Waals surface area contributed by atoms with E-state index in [4.69, 9.17) is 11.6 Å². The van der Waals surface area contributed by atoms with Gasteiger partial charge in [0.05, 0.1) is 22.0 Å². The average molecular weight is 298 g/mol. The summed E-state index contributed by atoms with van der Waals surface area (Å²) in [6.07, 6.45) is 3.15. The zero-order valence-electron chi connectivity index (χ0n) is 10.6. The minimum absolute atomic E-state index is 0.0810. The van der Waals surface area contributed by atoms with Crippen LogP contribution < -0.4 is 10.6 Å². The van der Waals surface area contributed by atoms with Crippen LogP contribution >= 0.6 is 11.6 Å². The van der Waals surface area contributed by atoms with Gasteiger partial charge in [-0.2, -0.15) is 0 Å². The van der Waals surface area contributed by atoms with Crippen molar-refractivity contribution in [2.24, 2.45) is 4.99 Å². The zero-order valence-corrected chi connectivity index (χ0v) is 11.3. The number of aromatic amines is 1. The first kappa shape index (κ1) is 12.1. The second-order valence-corrected chi connectivity index (χ2v) is 5.16. The van der Waals surface area contributed by atoms with Crippen LogP contribution in [0, 0.1) is 0 Å². The van der Waals surface area contributed by atoms with Gasteiger partial charge in [-0.15, -0.1) is 0 Å². The summed E-state index contributed by atoms with van der Waals surface area (Å²) in [5.41, 5.74) is 1.44. The molecule has 0 radical (unpaired) electrons. The highest BCUT2D eigenvalue weighted by Crippen LogP contribution is 2.34. The van der Waals surface area contributed by atoms with E-state index in [1.807, 2.05) is 0 Å². The van der Waals surface area contributed by atoms with Crippen LogP contribution in [0.3, 0.4) is 0 Å². The highest BCUT2D eigenvalue weighted by Gasteiger charge is 2.24. The number of nitrogens with one attached hydrogen (secondary N) is 1. The summed E-state index contributed by atoms with van der Waals surface area (Å²) in [6.45, 7) is 0. The molecule has 1 aliphatic rings. The minimum atomic E-state index is -0.385. The lowest BCUT2D eigenvalue weighted by atomic mass is 10.0. The third kappa shape index (κ3) is 1.68. The Morgan fingerprint density at radius 2 is 2.10 bits per heavy atom. The van der Waals surface area contributed by atoms with Gasteiger partial charge in [0.25, 0.3) is 5.91 Å². The van der Waals surface area contributed by atoms with Crippen molar-refractivity contribution in [1.29, 1.82) is 0 Å². The molecule has 5 nitrogen and oxygen atoms in total. The highest BCUT2D eigenvalue weighted by atomic mass is 35.5. The Hall–Kier alpha value is -2.66. The first-order chi connectivity index (χ1) is 10.1. The number of aromatic hydroxyl groups is 1. The zero-order chi connectivity index (χ0) is 14.6. The van der Waals surface area contributed by atoms with Gasteiger partial charge in [-0.05, 0) is 18.2 Å². The second-order valence-electron chi connectivity index (χ2n) is 4.72. The van der Waals surface area contributed by atoms with Gasteiger partial charge < -0.3 is 10.1 Å². The van der Waals surface area contributed by atoms with E-state index in [1.54, 1.807) is 36.7 Å². The monoisotopic (exact) mass is 297 g/mol. The molecule has 4 rings (SSSR count). The molecule has 0 atom stereocenters. The van der Waals surface area contributed by atoms with Crippen molar-refractivity contribution in [3.63, 3.8) is 0 Å². The predicted molar refractivity (Wildman–Crippen MR) is 77.5 cm³/mol. The SMILES string of the molecule is O=C1N=c2ccncc2=C1c1c(O)[nH]c2cc(Cl)ccc12. The molecule has 3 aromatic rings. The Kier molecular flexibility index (Phi) is 2.40. The molecule has 0 unspecified atom stereocenters. The molecule has 2 aromatic heterocycles. The molecule has 2 N–H and O–H groups in total. The summed E-state index contributed by atoms with van der Waals surface area (Å²) < 4.78 is 0. The lowest BCUT2D eigenvalue weighted by Gasteiger charge is -1.99. The van der Waals surface area contributed by atoms with E-state index in [0.29, 0.717) is 37.6 Å². The fourth-order valence-electron chi connectivity index (χ4n) is 2.61. The minimum Gasteiger partial charge on any atom is -0.494 e. The van der Waals surface area contributed by atoms with E-state index in [9.17, 15) is 9.90 Å². The van der Waals surface area contributed by atoms with Crippen LogP contribution in [0.25, 0.3) is 16.5 Å². The molecule has 3 heterocycles. The van der Waals surface area contributed by atoms with E-state index < -0.39 is 0 Å². The van der Waals surface area contributed by atoms with Crippen LogP contribution in [-0.4, -0.2) is 21.0 Å². The van der Waals surface area contributed by atoms with Gasteiger partial charge in [0, 0.05) is 28.0 Å². The number of hydrogen-bond donors (Lipinski definition) is 2. The normalized spacial score (nSPS) is 13.6. The molecular formula is C15H8ClN3O2. The van der Waals surface area contributed by atoms with Gasteiger partial charge in [-0.3, -0.25) is 9.78 Å². The second kappa shape index (κ2) is 4.17. The average Bonchev–Trinajstić information content (AvgIpc) is 2.93. The number of hydrogen-bond acceptors (Lipinski definition) is 3. The van der Waals surface area contributed by atoms with Gasteiger partial charge in [-0.1, -0.05) is 17.7 Å². The molecule has 0 spiro atoms. The summed E-state index contributed by atoms with van der Waals surface area (Å²) in [4.78, 5) is 23.1. The fourth-order valence-corrected chi connectivity index (χ4v) is 2.78. The van der Waals surface area contributed by atoms with Gasteiger partial charge in [0.15, 0.2) is 5.88 Å². The maximum Gasteiger partial charge on any atom is 0.279 e. The number of aromatic nitrogens is 2. The molecule has 0 bridgehead atoms. The predicted octanol–water partition coefficient (Wildman–Crippen LogP) is 1.28. The number of H-pyrrole nitrogens is 1. The third-order valence-corrected chi connectivity index (χ3v) is 3.73. The van der Waals surface area contributed by atoms with Crippen molar-refractivity contribution in [3.8, 4) is 5.88 Å². The molecule has 0 saturated carbocycles. The molecule has 102 valence electrons. The summed E-state index contributed by atoms with van der Waals surface area (Å²) in [5.74, 6) is -0.466. The number of amides is 1. The van der Waals surface area contributed by atoms with Crippen LogP contribution in [0.1, 0.15) is 5.56 Å². The first-order valence-corrected chi connectivity index (χ1v) is 6.61. The lowest BCUT2D eigenvalue weighted by molar-refractivity contribution is -0.112. The van der Waals surface area contributed by atoms with Crippen molar-refractivity contribution in [3.05, 3.63) is 57.8 Å². The van der Waals surface area contributed by atoms with E-state index in [2.05, 4.69) is 15.0 Å². The highest BCUT2D eigenvalue weighted by molar-refractivity contribution is 6.31. The Balaban J connectivity index is 2.16. The van der Waals surface area contributed by atoms with Crippen molar-refractivity contribution in [2.45, 2.75) is 0 Å². The van der Waals surface area contributed by atoms with Crippen LogP contribution in [-0.2, 0) is 4.79 Å². The Labute approximate surface area is 123 Å². The number of carbonyl (C=O) groups excluding carboxylic acids is 1. The van der Waals surface area contributed by atoms with E-state index in [1.165, 1.54) is 0 Å². The maximum absolute atomic E-state index is 12.2. The van der Waals surface area contributed by atoms with Crippen LogP contribution in [0.2, 0.25) is 5.02 Å². The number of fused-ring (bicyclic) bond motifs is 2. The Morgan fingerprint density at radius 3 is 2.95 bits per heavy atom. The lowest BCUT2D eigenvalue weighted by Crippen LogP contribution is -2.23. The fraction of sp³-hybridized carbons (Fsp3) is 0. The van der Waals surface area contributed by atoms with E-state index in [-0.39, 0.29) is 11.8 Å². The molecule has 1 aromatic carbocycles. The van der Waals surface area contributed by atoms with E-state index >= 15 is 0 Å². The van der Waals surface area contributed by atoms with Gasteiger partial charge >= 0.3 is 0 Å². The molecule has 1 amide bonds. The molecular weight excluding hydrogens is 290 g/mol. The number of halogens is 1. The molecule has 0 aliphatic carbocycles. The van der Waals surface area contributed by atoms with Crippen molar-refractivity contribution >= 4 is 34.0 Å². The number of carbonyl (C=O) groups is 1. The Bertz CT molecular complexity index is 1040. The molecule has 21 heavy (non-hydrogen) atoms. The summed E-state index contributed by atoms with van der Waals surface area (Å²) in [5, 5.41) is 12.6. The standard InChI is InChI=1S/C15H8ClN3O2/c16-7-1-2-8-11(5-7)19-14(20)12(8)13-9-6-17-4-3-10(9)18-15(13)21/h1-6,19-20H. The van der Waals surface area contributed by atoms with E-state index in [0.717, 1.165) is 0 Å². The smallest absolute Gasteiger partial charge is 0.279 e. The number of nitrogens with zero attached hydrogens (tertiary/aromatic N) is 2. The quantitative estimate of drug-likeness (QED) is 0.710. The van der Waals surface area contributed by atoms with Crippen LogP contribution in [0.15, 0.2) is 41.7 Å². The summed E-state index contributed by atoms with van der Waals surface area (Å²) >= 11 is 5.95. The van der Waals surface area contributed by atoms with Crippen LogP contribution in [0.5, 0.6) is 5.88 Å². The summed E-state index contributed by atoms with van der Waals surface area (Å²) in [7, 11) is 0. The maximum atomic E-state index is 12.2. The van der Waals surface area contributed by atoms with Crippen molar-refractivity contribution in [2.75, 3.05) is 0 Å². The number of pyridine rings is 1. The van der Waals surface area contributed by atoms with Crippen molar-refractivity contribution in [1.82, 2.24) is 9.97 Å². The van der Waals surface area contributed by atoms with Gasteiger partial charge in [0.2, 0.25) is 0 Å². The molecule has 0 saturated heterocycles.